The third-order valence-corrected chi connectivity index (χ3v) is 2.04. The first kappa shape index (κ1) is 13.0. The molecule has 17 heavy (non-hydrogen) atoms. The highest BCUT2D eigenvalue weighted by Gasteiger charge is 2.11. The molecule has 0 heterocycles. The van der Waals surface area contributed by atoms with Crippen LogP contribution in [-0.2, 0) is 4.79 Å². The maximum Gasteiger partial charge on any atom is 0.286 e. The summed E-state index contributed by atoms with van der Waals surface area (Å²) < 4.78 is 0. The van der Waals surface area contributed by atoms with Crippen LogP contribution in [0, 0.1) is 22.0 Å². The van der Waals surface area contributed by atoms with Gasteiger partial charge in [-0.1, -0.05) is 23.4 Å². The first-order valence-electron chi connectivity index (χ1n) is 4.68. The molecule has 0 unspecified atom stereocenters. The van der Waals surface area contributed by atoms with Crippen molar-refractivity contribution in [1.82, 2.24) is 5.32 Å². The molecule has 0 aromatic heterocycles. The lowest BCUT2D eigenvalue weighted by Gasteiger charge is -1.96. The van der Waals surface area contributed by atoms with Crippen molar-refractivity contribution in [3.63, 3.8) is 0 Å². The quantitative estimate of drug-likeness (QED) is 0.495. The number of nitro groups is 1. The molecule has 6 heteroatoms. The minimum absolute atomic E-state index is 0.146. The third kappa shape index (κ3) is 4.13. The van der Waals surface area contributed by atoms with Crippen molar-refractivity contribution < 1.29 is 9.72 Å². The molecule has 0 bridgehead atoms. The summed E-state index contributed by atoms with van der Waals surface area (Å²) in [5.74, 6) is 5.03. The Morgan fingerprint density at radius 2 is 2.29 bits per heavy atom. The fourth-order valence-electron chi connectivity index (χ4n) is 1.07. The molecule has 0 saturated heterocycles. The first-order chi connectivity index (χ1) is 8.00. The fourth-order valence-corrected chi connectivity index (χ4v) is 1.24. The van der Waals surface area contributed by atoms with E-state index in [9.17, 15) is 14.9 Å². The molecule has 0 atom stereocenters. The van der Waals surface area contributed by atoms with Gasteiger partial charge in [-0.3, -0.25) is 14.9 Å². The van der Waals surface area contributed by atoms with Crippen LogP contribution in [0.2, 0.25) is 5.02 Å². The Balaban J connectivity index is 2.90. The second-order valence-electron chi connectivity index (χ2n) is 3.13. The summed E-state index contributed by atoms with van der Waals surface area (Å²) in [4.78, 5) is 20.7. The van der Waals surface area contributed by atoms with Crippen LogP contribution >= 0.6 is 11.6 Å². The first-order valence-corrected chi connectivity index (χ1v) is 5.05. The number of carbonyl (C=O) groups excluding carboxylic acids is 1. The molecule has 0 radical (unpaired) electrons. The molecule has 0 aliphatic heterocycles. The standard InChI is InChI=1S/C11H9ClN2O3/c1-8(15)13-6-2-3-9-4-5-10(12)7-11(9)14(16)17/h4-5,7H,6H2,1H3,(H,13,15). The van der Waals surface area contributed by atoms with E-state index >= 15 is 0 Å². The second kappa shape index (κ2) is 5.87. The molecule has 0 aliphatic rings. The van der Waals surface area contributed by atoms with Gasteiger partial charge in [0, 0.05) is 18.0 Å². The topological polar surface area (TPSA) is 72.2 Å². The van der Waals surface area contributed by atoms with E-state index in [1.54, 1.807) is 0 Å². The Kier molecular flexibility index (Phi) is 4.49. The molecule has 1 N–H and O–H groups in total. The predicted octanol–water partition coefficient (Wildman–Crippen LogP) is 1.74. The van der Waals surface area contributed by atoms with Crippen molar-refractivity contribution in [2.24, 2.45) is 0 Å². The summed E-state index contributed by atoms with van der Waals surface area (Å²) >= 11 is 5.65. The van der Waals surface area contributed by atoms with Gasteiger partial charge in [0.15, 0.2) is 0 Å². The van der Waals surface area contributed by atoms with Crippen LogP contribution in [0.5, 0.6) is 0 Å². The Hall–Kier alpha value is -2.06. The van der Waals surface area contributed by atoms with E-state index in [0.717, 1.165) is 0 Å². The lowest BCUT2D eigenvalue weighted by molar-refractivity contribution is -0.385. The fraction of sp³-hybridized carbons (Fsp3) is 0.182. The van der Waals surface area contributed by atoms with Crippen LogP contribution in [-0.4, -0.2) is 17.4 Å². The molecule has 0 fully saturated rings. The van der Waals surface area contributed by atoms with Gasteiger partial charge in [-0.2, -0.15) is 0 Å². The van der Waals surface area contributed by atoms with Gasteiger partial charge in [-0.25, -0.2) is 0 Å². The van der Waals surface area contributed by atoms with Gasteiger partial charge in [-0.05, 0) is 12.1 Å². The van der Waals surface area contributed by atoms with Crippen LogP contribution in [0.3, 0.4) is 0 Å². The molecule has 1 aromatic rings. The van der Waals surface area contributed by atoms with Gasteiger partial charge >= 0.3 is 0 Å². The third-order valence-electron chi connectivity index (χ3n) is 1.81. The van der Waals surface area contributed by atoms with Crippen molar-refractivity contribution in [3.05, 3.63) is 38.9 Å². The van der Waals surface area contributed by atoms with E-state index in [1.165, 1.54) is 25.1 Å². The monoisotopic (exact) mass is 252 g/mol. The van der Waals surface area contributed by atoms with Gasteiger partial charge in [0.2, 0.25) is 5.91 Å². The van der Waals surface area contributed by atoms with E-state index in [0.29, 0.717) is 0 Å². The number of carbonyl (C=O) groups is 1. The zero-order valence-electron chi connectivity index (χ0n) is 8.99. The van der Waals surface area contributed by atoms with Crippen LogP contribution in [0.4, 0.5) is 5.69 Å². The molecule has 88 valence electrons. The zero-order chi connectivity index (χ0) is 12.8. The number of halogens is 1. The summed E-state index contributed by atoms with van der Waals surface area (Å²) in [6.45, 7) is 1.52. The highest BCUT2D eigenvalue weighted by atomic mass is 35.5. The number of rotatable bonds is 2. The van der Waals surface area contributed by atoms with Gasteiger partial charge in [0.1, 0.15) is 5.56 Å². The maximum absolute atomic E-state index is 10.7. The van der Waals surface area contributed by atoms with Crippen LogP contribution in [0.1, 0.15) is 12.5 Å². The highest BCUT2D eigenvalue weighted by Crippen LogP contribution is 2.22. The number of hydrogen-bond donors (Lipinski definition) is 1. The average Bonchev–Trinajstić information content (AvgIpc) is 2.25. The normalized spacial score (nSPS) is 9.06. The SMILES string of the molecule is CC(=O)NCC#Cc1ccc(Cl)cc1[N+](=O)[O-]. The molecule has 0 aliphatic carbocycles. The molecule has 5 nitrogen and oxygen atoms in total. The average molecular weight is 253 g/mol. The smallest absolute Gasteiger partial charge is 0.286 e. The van der Waals surface area contributed by atoms with E-state index in [1.807, 2.05) is 0 Å². The maximum atomic E-state index is 10.7. The van der Waals surface area contributed by atoms with Crippen molar-refractivity contribution in [2.75, 3.05) is 6.54 Å². The van der Waals surface area contributed by atoms with Crippen molar-refractivity contribution >= 4 is 23.2 Å². The highest BCUT2D eigenvalue weighted by molar-refractivity contribution is 6.30. The molecule has 1 amide bonds. The molecule has 1 aromatic carbocycles. The summed E-state index contributed by atoms with van der Waals surface area (Å²) in [6.07, 6.45) is 0. The van der Waals surface area contributed by atoms with Gasteiger partial charge in [0.25, 0.3) is 5.69 Å². The van der Waals surface area contributed by atoms with E-state index < -0.39 is 4.92 Å². The lowest BCUT2D eigenvalue weighted by atomic mass is 10.2. The number of amides is 1. The minimum atomic E-state index is -0.547. The molecule has 0 spiro atoms. The Bertz CT molecular complexity index is 517. The molecular weight excluding hydrogens is 244 g/mol. The zero-order valence-corrected chi connectivity index (χ0v) is 9.75. The van der Waals surface area contributed by atoms with Crippen molar-refractivity contribution in [3.8, 4) is 11.8 Å². The summed E-state index contributed by atoms with van der Waals surface area (Å²) in [7, 11) is 0. The number of benzene rings is 1. The Morgan fingerprint density at radius 1 is 1.59 bits per heavy atom. The lowest BCUT2D eigenvalue weighted by Crippen LogP contribution is -2.19. The summed E-state index contributed by atoms with van der Waals surface area (Å²) in [5.41, 5.74) is 0.123. The summed E-state index contributed by atoms with van der Waals surface area (Å²) in [6, 6.07) is 4.24. The summed E-state index contributed by atoms with van der Waals surface area (Å²) in [5, 5.41) is 13.5. The van der Waals surface area contributed by atoms with Crippen LogP contribution < -0.4 is 5.32 Å². The van der Waals surface area contributed by atoms with Gasteiger partial charge in [-0.15, -0.1) is 0 Å². The largest absolute Gasteiger partial charge is 0.345 e. The van der Waals surface area contributed by atoms with E-state index in [-0.39, 0.29) is 28.7 Å². The van der Waals surface area contributed by atoms with Crippen molar-refractivity contribution in [1.29, 1.82) is 0 Å². The van der Waals surface area contributed by atoms with Crippen LogP contribution in [0.15, 0.2) is 18.2 Å². The minimum Gasteiger partial charge on any atom is -0.345 e. The predicted molar refractivity (Wildman–Crippen MR) is 63.7 cm³/mol. The molecular formula is C11H9ClN2O3. The number of nitro benzene ring substituents is 1. The van der Waals surface area contributed by atoms with Gasteiger partial charge < -0.3 is 5.32 Å². The number of nitrogens with zero attached hydrogens (tertiary/aromatic N) is 1. The second-order valence-corrected chi connectivity index (χ2v) is 3.57. The Labute approximate surface area is 103 Å². The van der Waals surface area contributed by atoms with Gasteiger partial charge in [0.05, 0.1) is 11.5 Å². The number of nitrogens with one attached hydrogen (secondary N) is 1. The van der Waals surface area contributed by atoms with Crippen molar-refractivity contribution in [2.45, 2.75) is 6.92 Å². The molecule has 1 rings (SSSR count). The Morgan fingerprint density at radius 3 is 2.88 bits per heavy atom. The van der Waals surface area contributed by atoms with Crippen LogP contribution in [0.25, 0.3) is 0 Å². The van der Waals surface area contributed by atoms with E-state index in [2.05, 4.69) is 17.2 Å². The number of hydrogen-bond acceptors (Lipinski definition) is 3. The van der Waals surface area contributed by atoms with E-state index in [4.69, 9.17) is 11.6 Å². The molecule has 0 saturated carbocycles.